The number of anilines is 3. The number of aromatic nitrogens is 1. The first-order valence-corrected chi connectivity index (χ1v) is 8.55. The van der Waals surface area contributed by atoms with Crippen LogP contribution in [0.4, 0.5) is 17.2 Å². The van der Waals surface area contributed by atoms with Crippen LogP contribution in [-0.4, -0.2) is 18.1 Å². The predicted molar refractivity (Wildman–Crippen MR) is 105 cm³/mol. The van der Waals surface area contributed by atoms with E-state index in [1.807, 2.05) is 54.6 Å². The van der Waals surface area contributed by atoms with Crippen LogP contribution in [0.5, 0.6) is 11.5 Å². The fourth-order valence-corrected chi connectivity index (χ4v) is 2.53. The Kier molecular flexibility index (Phi) is 5.89. The van der Waals surface area contributed by atoms with Crippen molar-refractivity contribution in [1.82, 2.24) is 4.98 Å². The zero-order valence-corrected chi connectivity index (χ0v) is 15.0. The number of pyridine rings is 1. The number of carbonyl (C=O) groups excluding carboxylic acids is 1. The van der Waals surface area contributed by atoms with Crippen LogP contribution in [0.25, 0.3) is 0 Å². The van der Waals surface area contributed by atoms with E-state index in [1.165, 1.54) is 7.11 Å². The van der Waals surface area contributed by atoms with E-state index in [-0.39, 0.29) is 5.97 Å². The highest BCUT2D eigenvalue weighted by Crippen LogP contribution is 2.27. The van der Waals surface area contributed by atoms with Crippen molar-refractivity contribution in [3.63, 3.8) is 0 Å². The third-order valence-corrected chi connectivity index (χ3v) is 3.97. The Morgan fingerprint density at radius 3 is 2.52 bits per heavy atom. The lowest BCUT2D eigenvalue weighted by atomic mass is 10.1. The monoisotopic (exact) mass is 363 g/mol. The summed E-state index contributed by atoms with van der Waals surface area (Å²) < 4.78 is 10.5. The van der Waals surface area contributed by atoms with Gasteiger partial charge in [0.05, 0.1) is 7.11 Å². The van der Waals surface area contributed by atoms with Gasteiger partial charge in [-0.1, -0.05) is 12.1 Å². The van der Waals surface area contributed by atoms with E-state index in [0.717, 1.165) is 17.1 Å². The van der Waals surface area contributed by atoms with Crippen LogP contribution in [0.15, 0.2) is 66.9 Å². The van der Waals surface area contributed by atoms with Crippen LogP contribution in [0.2, 0.25) is 0 Å². The van der Waals surface area contributed by atoms with Crippen molar-refractivity contribution >= 4 is 23.2 Å². The average Bonchev–Trinajstić information content (AvgIpc) is 2.69. The van der Waals surface area contributed by atoms with Gasteiger partial charge in [-0.3, -0.25) is 4.79 Å². The average molecular weight is 363 g/mol. The van der Waals surface area contributed by atoms with Gasteiger partial charge >= 0.3 is 5.97 Å². The van der Waals surface area contributed by atoms with Gasteiger partial charge in [-0.05, 0) is 54.4 Å². The molecule has 0 radical (unpaired) electrons. The molecule has 138 valence electrons. The molecular formula is C21H21N3O3. The number of ether oxygens (including phenoxy) is 2. The number of esters is 1. The third-order valence-electron chi connectivity index (χ3n) is 3.97. The van der Waals surface area contributed by atoms with Gasteiger partial charge in [-0.25, -0.2) is 4.98 Å². The molecular weight excluding hydrogens is 342 g/mol. The lowest BCUT2D eigenvalue weighted by molar-refractivity contribution is -0.140. The molecule has 2 aromatic carbocycles. The maximum atomic E-state index is 11.3. The molecule has 0 aliphatic carbocycles. The smallest absolute Gasteiger partial charge is 0.305 e. The Bertz CT molecular complexity index is 896. The van der Waals surface area contributed by atoms with E-state index in [9.17, 15) is 4.79 Å². The number of methoxy groups -OCH3 is 1. The minimum Gasteiger partial charge on any atom is -0.469 e. The third kappa shape index (κ3) is 5.22. The summed E-state index contributed by atoms with van der Waals surface area (Å²) in [7, 11) is 1.37. The SMILES string of the molecule is COC(=O)CCc1ccc(Oc2ccc(Nc3ccccn3)cc2)cc1N. The normalized spacial score (nSPS) is 10.3. The number of nitrogens with zero attached hydrogens (tertiary/aromatic N) is 1. The lowest BCUT2D eigenvalue weighted by Gasteiger charge is -2.11. The molecule has 1 aromatic heterocycles. The standard InChI is InChI=1S/C21H21N3O3/c1-26-21(25)12-6-15-5-9-18(14-19(15)22)27-17-10-7-16(8-11-17)24-20-4-2-3-13-23-20/h2-5,7-11,13-14H,6,12,22H2,1H3,(H,23,24). The number of rotatable bonds is 7. The van der Waals surface area contributed by atoms with Gasteiger partial charge < -0.3 is 20.5 Å². The van der Waals surface area contributed by atoms with E-state index < -0.39 is 0 Å². The van der Waals surface area contributed by atoms with Gasteiger partial charge in [0.25, 0.3) is 0 Å². The van der Waals surface area contributed by atoms with Crippen LogP contribution >= 0.6 is 0 Å². The second-order valence-electron chi connectivity index (χ2n) is 5.90. The summed E-state index contributed by atoms with van der Waals surface area (Å²) in [6.07, 6.45) is 2.57. The summed E-state index contributed by atoms with van der Waals surface area (Å²) in [4.78, 5) is 15.5. The van der Waals surface area contributed by atoms with Crippen molar-refractivity contribution in [3.05, 3.63) is 72.4 Å². The first-order chi connectivity index (χ1) is 13.1. The molecule has 6 nitrogen and oxygen atoms in total. The Balaban J connectivity index is 1.61. The number of nitrogens with one attached hydrogen (secondary N) is 1. The molecule has 0 unspecified atom stereocenters. The molecule has 1 heterocycles. The van der Waals surface area contributed by atoms with Crippen molar-refractivity contribution in [2.24, 2.45) is 0 Å². The minimum atomic E-state index is -0.255. The van der Waals surface area contributed by atoms with Crippen LogP contribution in [0, 0.1) is 0 Å². The second kappa shape index (κ2) is 8.71. The first kappa shape index (κ1) is 18.3. The molecule has 0 amide bonds. The zero-order chi connectivity index (χ0) is 19.1. The van der Waals surface area contributed by atoms with Crippen molar-refractivity contribution in [3.8, 4) is 11.5 Å². The number of hydrogen-bond donors (Lipinski definition) is 2. The molecule has 3 rings (SSSR count). The van der Waals surface area contributed by atoms with Crippen LogP contribution < -0.4 is 15.8 Å². The van der Waals surface area contributed by atoms with Gasteiger partial charge in [0, 0.05) is 30.1 Å². The molecule has 3 aromatic rings. The number of nitrogens with two attached hydrogens (primary N) is 1. The largest absolute Gasteiger partial charge is 0.469 e. The van der Waals surface area contributed by atoms with E-state index >= 15 is 0 Å². The molecule has 0 aliphatic rings. The van der Waals surface area contributed by atoms with Crippen molar-refractivity contribution in [2.75, 3.05) is 18.2 Å². The van der Waals surface area contributed by atoms with Crippen molar-refractivity contribution in [1.29, 1.82) is 0 Å². The molecule has 0 spiro atoms. The van der Waals surface area contributed by atoms with Gasteiger partial charge in [0.1, 0.15) is 17.3 Å². The second-order valence-corrected chi connectivity index (χ2v) is 5.90. The zero-order valence-electron chi connectivity index (χ0n) is 15.0. The molecule has 27 heavy (non-hydrogen) atoms. The highest BCUT2D eigenvalue weighted by molar-refractivity contribution is 5.70. The summed E-state index contributed by atoms with van der Waals surface area (Å²) in [5.74, 6) is 1.86. The number of nitrogen functional groups attached to an aromatic ring is 1. The molecule has 0 atom stereocenters. The molecule has 0 saturated heterocycles. The van der Waals surface area contributed by atoms with E-state index in [4.69, 9.17) is 10.5 Å². The molecule has 3 N–H and O–H groups in total. The summed E-state index contributed by atoms with van der Waals surface area (Å²) in [6, 6.07) is 18.7. The van der Waals surface area contributed by atoms with Crippen LogP contribution in [0.3, 0.4) is 0 Å². The topological polar surface area (TPSA) is 86.5 Å². The van der Waals surface area contributed by atoms with E-state index in [2.05, 4.69) is 15.0 Å². The number of carbonyl (C=O) groups is 1. The van der Waals surface area contributed by atoms with Crippen molar-refractivity contribution in [2.45, 2.75) is 12.8 Å². The van der Waals surface area contributed by atoms with Gasteiger partial charge in [-0.15, -0.1) is 0 Å². The van der Waals surface area contributed by atoms with Gasteiger partial charge in [0.2, 0.25) is 0 Å². The van der Waals surface area contributed by atoms with Crippen molar-refractivity contribution < 1.29 is 14.3 Å². The fourth-order valence-electron chi connectivity index (χ4n) is 2.53. The summed E-state index contributed by atoms with van der Waals surface area (Å²) in [5.41, 5.74) is 8.46. The molecule has 0 bridgehead atoms. The Hall–Kier alpha value is -3.54. The number of benzene rings is 2. The maximum absolute atomic E-state index is 11.3. The quantitative estimate of drug-likeness (QED) is 0.481. The predicted octanol–water partition coefficient (Wildman–Crippen LogP) is 4.31. The minimum absolute atomic E-state index is 0.255. The number of hydrogen-bond acceptors (Lipinski definition) is 6. The fraction of sp³-hybridized carbons (Fsp3) is 0.143. The lowest BCUT2D eigenvalue weighted by Crippen LogP contribution is -2.03. The highest BCUT2D eigenvalue weighted by Gasteiger charge is 2.07. The first-order valence-electron chi connectivity index (χ1n) is 8.55. The number of aryl methyl sites for hydroxylation is 1. The van der Waals surface area contributed by atoms with Gasteiger partial charge in [-0.2, -0.15) is 0 Å². The Labute approximate surface area is 158 Å². The Morgan fingerprint density at radius 1 is 1.07 bits per heavy atom. The van der Waals surface area contributed by atoms with Crippen LogP contribution in [0.1, 0.15) is 12.0 Å². The van der Waals surface area contributed by atoms with Crippen LogP contribution in [-0.2, 0) is 16.0 Å². The molecule has 6 heteroatoms. The highest BCUT2D eigenvalue weighted by atomic mass is 16.5. The summed E-state index contributed by atoms with van der Waals surface area (Å²) >= 11 is 0. The Morgan fingerprint density at radius 2 is 1.85 bits per heavy atom. The summed E-state index contributed by atoms with van der Waals surface area (Å²) in [5, 5.41) is 3.22. The van der Waals surface area contributed by atoms with Gasteiger partial charge in [0.15, 0.2) is 0 Å². The summed E-state index contributed by atoms with van der Waals surface area (Å²) in [6.45, 7) is 0. The molecule has 0 aliphatic heterocycles. The molecule has 0 saturated carbocycles. The van der Waals surface area contributed by atoms with E-state index in [1.54, 1.807) is 12.3 Å². The maximum Gasteiger partial charge on any atom is 0.305 e. The van der Waals surface area contributed by atoms with E-state index in [0.29, 0.717) is 30.0 Å². The molecule has 0 fully saturated rings.